The summed E-state index contributed by atoms with van der Waals surface area (Å²) in [5, 5.41) is 3.34. The van der Waals surface area contributed by atoms with Crippen LogP contribution in [-0.2, 0) is 0 Å². The van der Waals surface area contributed by atoms with Crippen LogP contribution >= 0.6 is 0 Å². The zero-order valence-corrected chi connectivity index (χ0v) is 12.0. The first-order valence-electron chi connectivity index (χ1n) is 7.27. The number of nitrogens with one attached hydrogen (secondary N) is 1. The number of hydrogen-bond acceptors (Lipinski definition) is 5. The Bertz CT molecular complexity index is 399. The fourth-order valence-electron chi connectivity index (χ4n) is 2.46. The molecule has 5 nitrogen and oxygen atoms in total. The second kappa shape index (κ2) is 6.70. The molecule has 1 saturated heterocycles. The summed E-state index contributed by atoms with van der Waals surface area (Å²) in [6, 6.07) is 2.06. The second-order valence-corrected chi connectivity index (χ2v) is 5.25. The molecule has 0 aliphatic carbocycles. The van der Waals surface area contributed by atoms with Crippen molar-refractivity contribution in [3.8, 4) is 0 Å². The molecule has 2 heterocycles. The van der Waals surface area contributed by atoms with Gasteiger partial charge in [0.2, 0.25) is 0 Å². The first-order valence-corrected chi connectivity index (χ1v) is 7.27. The first kappa shape index (κ1) is 14.1. The molecule has 2 rings (SSSR count). The highest BCUT2D eigenvalue weighted by molar-refractivity contribution is 5.49. The van der Waals surface area contributed by atoms with Crippen molar-refractivity contribution in [2.75, 3.05) is 36.4 Å². The summed E-state index contributed by atoms with van der Waals surface area (Å²) in [5.41, 5.74) is 5.74. The number of anilines is 2. The number of aromatic nitrogens is 2. The van der Waals surface area contributed by atoms with Gasteiger partial charge >= 0.3 is 0 Å². The van der Waals surface area contributed by atoms with Crippen molar-refractivity contribution in [1.29, 1.82) is 0 Å². The molecular formula is C14H25N5. The molecule has 0 radical (unpaired) electrons. The van der Waals surface area contributed by atoms with E-state index in [-0.39, 0.29) is 0 Å². The van der Waals surface area contributed by atoms with Crippen LogP contribution in [0.25, 0.3) is 0 Å². The number of piperidine rings is 1. The first-order chi connectivity index (χ1) is 9.22. The Morgan fingerprint density at radius 2 is 2.11 bits per heavy atom. The Morgan fingerprint density at radius 1 is 1.37 bits per heavy atom. The molecular weight excluding hydrogens is 238 g/mol. The Hall–Kier alpha value is -1.36. The molecule has 0 aromatic carbocycles. The van der Waals surface area contributed by atoms with Gasteiger partial charge in [0.25, 0.3) is 0 Å². The summed E-state index contributed by atoms with van der Waals surface area (Å²) >= 11 is 0. The molecule has 0 atom stereocenters. The topological polar surface area (TPSA) is 67.1 Å². The van der Waals surface area contributed by atoms with Crippen molar-refractivity contribution in [3.05, 3.63) is 11.9 Å². The lowest BCUT2D eigenvalue weighted by Gasteiger charge is -2.32. The minimum atomic E-state index is 0.678. The third-order valence-electron chi connectivity index (χ3n) is 3.65. The lowest BCUT2D eigenvalue weighted by Crippen LogP contribution is -2.36. The van der Waals surface area contributed by atoms with Gasteiger partial charge in [-0.25, -0.2) is 9.97 Å². The highest BCUT2D eigenvalue weighted by atomic mass is 15.2. The zero-order chi connectivity index (χ0) is 13.7. The number of rotatable bonds is 5. The molecule has 19 heavy (non-hydrogen) atoms. The van der Waals surface area contributed by atoms with E-state index in [1.54, 1.807) is 0 Å². The molecule has 0 amide bonds. The van der Waals surface area contributed by atoms with Gasteiger partial charge in [0.15, 0.2) is 0 Å². The van der Waals surface area contributed by atoms with E-state index in [0.717, 1.165) is 62.9 Å². The standard InChI is InChI=1S/C14H25N5/c1-3-6-16-13-9-14(18-11(2)17-13)19-7-4-12(10-15)5-8-19/h9,12H,3-8,10,15H2,1-2H3,(H,16,17,18). The maximum Gasteiger partial charge on any atom is 0.134 e. The number of hydrogen-bond donors (Lipinski definition) is 2. The van der Waals surface area contributed by atoms with Gasteiger partial charge < -0.3 is 16.0 Å². The average molecular weight is 263 g/mol. The second-order valence-electron chi connectivity index (χ2n) is 5.25. The fourth-order valence-corrected chi connectivity index (χ4v) is 2.46. The van der Waals surface area contributed by atoms with Crippen LogP contribution in [0, 0.1) is 12.8 Å². The van der Waals surface area contributed by atoms with Gasteiger partial charge in [-0.3, -0.25) is 0 Å². The fraction of sp³-hybridized carbons (Fsp3) is 0.714. The Morgan fingerprint density at radius 3 is 2.74 bits per heavy atom. The molecule has 0 bridgehead atoms. The highest BCUT2D eigenvalue weighted by Crippen LogP contribution is 2.22. The minimum Gasteiger partial charge on any atom is -0.370 e. The third kappa shape index (κ3) is 3.80. The van der Waals surface area contributed by atoms with E-state index in [9.17, 15) is 0 Å². The van der Waals surface area contributed by atoms with Crippen molar-refractivity contribution in [3.63, 3.8) is 0 Å². The van der Waals surface area contributed by atoms with Crippen LogP contribution in [0.4, 0.5) is 11.6 Å². The summed E-state index contributed by atoms with van der Waals surface area (Å²) in [6.07, 6.45) is 3.43. The minimum absolute atomic E-state index is 0.678. The monoisotopic (exact) mass is 263 g/mol. The molecule has 3 N–H and O–H groups in total. The predicted octanol–water partition coefficient (Wildman–Crippen LogP) is 1.78. The molecule has 0 saturated carbocycles. The molecule has 5 heteroatoms. The highest BCUT2D eigenvalue weighted by Gasteiger charge is 2.19. The van der Waals surface area contributed by atoms with E-state index in [4.69, 9.17) is 5.73 Å². The van der Waals surface area contributed by atoms with Crippen molar-refractivity contribution in [2.45, 2.75) is 33.1 Å². The predicted molar refractivity (Wildman–Crippen MR) is 79.5 cm³/mol. The molecule has 1 fully saturated rings. The molecule has 1 aliphatic heterocycles. The largest absolute Gasteiger partial charge is 0.370 e. The Kier molecular flexibility index (Phi) is 4.96. The van der Waals surface area contributed by atoms with Crippen LogP contribution in [-0.4, -0.2) is 36.1 Å². The maximum atomic E-state index is 5.74. The van der Waals surface area contributed by atoms with E-state index in [0.29, 0.717) is 5.92 Å². The van der Waals surface area contributed by atoms with Crippen molar-refractivity contribution >= 4 is 11.6 Å². The smallest absolute Gasteiger partial charge is 0.134 e. The molecule has 0 spiro atoms. The van der Waals surface area contributed by atoms with Gasteiger partial charge in [0.05, 0.1) is 0 Å². The summed E-state index contributed by atoms with van der Waals surface area (Å²) in [4.78, 5) is 11.3. The lowest BCUT2D eigenvalue weighted by molar-refractivity contribution is 0.413. The van der Waals surface area contributed by atoms with Gasteiger partial charge in [0, 0.05) is 25.7 Å². The number of nitrogens with zero attached hydrogens (tertiary/aromatic N) is 3. The summed E-state index contributed by atoms with van der Waals surface area (Å²) in [6.45, 7) is 7.95. The van der Waals surface area contributed by atoms with Crippen LogP contribution < -0.4 is 16.0 Å². The van der Waals surface area contributed by atoms with E-state index in [1.807, 2.05) is 6.92 Å². The Labute approximate surface area is 115 Å². The molecule has 0 unspecified atom stereocenters. The van der Waals surface area contributed by atoms with Gasteiger partial charge in [-0.1, -0.05) is 6.92 Å². The lowest BCUT2D eigenvalue weighted by atomic mass is 9.97. The maximum absolute atomic E-state index is 5.74. The average Bonchev–Trinajstić information content (AvgIpc) is 2.44. The van der Waals surface area contributed by atoms with Crippen molar-refractivity contribution in [2.24, 2.45) is 11.7 Å². The van der Waals surface area contributed by atoms with Crippen LogP contribution in [0.2, 0.25) is 0 Å². The molecule has 106 valence electrons. The van der Waals surface area contributed by atoms with Crippen LogP contribution in [0.1, 0.15) is 32.0 Å². The Balaban J connectivity index is 2.05. The molecule has 1 aromatic rings. The number of aryl methyl sites for hydroxylation is 1. The molecule has 1 aliphatic rings. The SMILES string of the molecule is CCCNc1cc(N2CCC(CN)CC2)nc(C)n1. The van der Waals surface area contributed by atoms with Gasteiger partial charge in [-0.05, 0) is 38.6 Å². The summed E-state index contributed by atoms with van der Waals surface area (Å²) in [7, 11) is 0. The normalized spacial score (nSPS) is 16.7. The third-order valence-corrected chi connectivity index (χ3v) is 3.65. The van der Waals surface area contributed by atoms with E-state index < -0.39 is 0 Å². The zero-order valence-electron chi connectivity index (χ0n) is 12.0. The molecule has 1 aromatic heterocycles. The van der Waals surface area contributed by atoms with Gasteiger partial charge in [-0.15, -0.1) is 0 Å². The van der Waals surface area contributed by atoms with Gasteiger partial charge in [-0.2, -0.15) is 0 Å². The summed E-state index contributed by atoms with van der Waals surface area (Å²) < 4.78 is 0. The van der Waals surface area contributed by atoms with E-state index in [1.165, 1.54) is 0 Å². The summed E-state index contributed by atoms with van der Waals surface area (Å²) in [5.74, 6) is 3.49. The van der Waals surface area contributed by atoms with Crippen LogP contribution in [0.15, 0.2) is 6.07 Å². The van der Waals surface area contributed by atoms with E-state index >= 15 is 0 Å². The quantitative estimate of drug-likeness (QED) is 0.847. The van der Waals surface area contributed by atoms with Crippen molar-refractivity contribution in [1.82, 2.24) is 9.97 Å². The van der Waals surface area contributed by atoms with Gasteiger partial charge in [0.1, 0.15) is 17.5 Å². The van der Waals surface area contributed by atoms with Crippen LogP contribution in [0.5, 0.6) is 0 Å². The van der Waals surface area contributed by atoms with E-state index in [2.05, 4.69) is 33.2 Å². The van der Waals surface area contributed by atoms with Crippen LogP contribution in [0.3, 0.4) is 0 Å². The van der Waals surface area contributed by atoms with Crippen molar-refractivity contribution < 1.29 is 0 Å². The number of nitrogens with two attached hydrogens (primary N) is 1.